The summed E-state index contributed by atoms with van der Waals surface area (Å²) < 4.78 is 11.4. The molecule has 0 amide bonds. The van der Waals surface area contributed by atoms with Crippen molar-refractivity contribution in [2.75, 3.05) is 6.61 Å². The summed E-state index contributed by atoms with van der Waals surface area (Å²) >= 11 is 18.0. The van der Waals surface area contributed by atoms with Gasteiger partial charge in [-0.1, -0.05) is 34.8 Å². The summed E-state index contributed by atoms with van der Waals surface area (Å²) in [5.74, 6) is 0.545. The maximum Gasteiger partial charge on any atom is 0.303 e. The van der Waals surface area contributed by atoms with Crippen molar-refractivity contribution in [3.05, 3.63) is 51.5 Å². The summed E-state index contributed by atoms with van der Waals surface area (Å²) in [5.41, 5.74) is 0. The van der Waals surface area contributed by atoms with Gasteiger partial charge in [0.1, 0.15) is 5.75 Å². The molecule has 7 heteroatoms. The minimum atomic E-state index is -0.820. The highest BCUT2D eigenvalue weighted by atomic mass is 35.5. The van der Waals surface area contributed by atoms with Gasteiger partial charge in [-0.15, -0.1) is 0 Å². The SMILES string of the molecule is O=C(O)CCCCOc1cc(Cl)ccc1Oc1ccc(Cl)cc1Cl. The van der Waals surface area contributed by atoms with E-state index in [0.717, 1.165) is 0 Å². The van der Waals surface area contributed by atoms with E-state index in [2.05, 4.69) is 0 Å². The number of ether oxygens (including phenoxy) is 2. The molecule has 0 aromatic heterocycles. The van der Waals surface area contributed by atoms with Crippen LogP contribution < -0.4 is 9.47 Å². The van der Waals surface area contributed by atoms with Crippen molar-refractivity contribution in [1.82, 2.24) is 0 Å². The van der Waals surface area contributed by atoms with Gasteiger partial charge in [0, 0.05) is 22.5 Å². The van der Waals surface area contributed by atoms with Crippen LogP contribution in [0, 0.1) is 0 Å². The summed E-state index contributed by atoms with van der Waals surface area (Å²) in [6.07, 6.45) is 1.26. The highest BCUT2D eigenvalue weighted by molar-refractivity contribution is 6.35. The molecule has 0 saturated heterocycles. The molecular weight excluding hydrogens is 375 g/mol. The average Bonchev–Trinajstić information content (AvgIpc) is 2.51. The van der Waals surface area contributed by atoms with Gasteiger partial charge < -0.3 is 14.6 Å². The van der Waals surface area contributed by atoms with Crippen LogP contribution in [0.2, 0.25) is 15.1 Å². The Labute approximate surface area is 154 Å². The smallest absolute Gasteiger partial charge is 0.303 e. The largest absolute Gasteiger partial charge is 0.490 e. The van der Waals surface area contributed by atoms with Crippen LogP contribution >= 0.6 is 34.8 Å². The van der Waals surface area contributed by atoms with E-state index in [9.17, 15) is 4.79 Å². The highest BCUT2D eigenvalue weighted by Crippen LogP contribution is 2.37. The van der Waals surface area contributed by atoms with Crippen LogP contribution in [0.15, 0.2) is 36.4 Å². The van der Waals surface area contributed by atoms with Crippen molar-refractivity contribution in [2.24, 2.45) is 0 Å². The first kappa shape index (κ1) is 18.7. The van der Waals surface area contributed by atoms with Gasteiger partial charge in [-0.2, -0.15) is 0 Å². The summed E-state index contributed by atoms with van der Waals surface area (Å²) in [7, 11) is 0. The number of carbonyl (C=O) groups is 1. The second kappa shape index (κ2) is 9.02. The minimum Gasteiger partial charge on any atom is -0.490 e. The van der Waals surface area contributed by atoms with Gasteiger partial charge in [0.2, 0.25) is 0 Å². The van der Waals surface area contributed by atoms with E-state index in [-0.39, 0.29) is 6.42 Å². The molecule has 128 valence electrons. The lowest BCUT2D eigenvalue weighted by molar-refractivity contribution is -0.137. The molecule has 1 N–H and O–H groups in total. The zero-order chi connectivity index (χ0) is 17.5. The normalized spacial score (nSPS) is 10.5. The van der Waals surface area contributed by atoms with E-state index in [0.29, 0.717) is 51.8 Å². The summed E-state index contributed by atoms with van der Waals surface area (Å²) in [6, 6.07) is 9.91. The van der Waals surface area contributed by atoms with Crippen LogP contribution in [0.25, 0.3) is 0 Å². The molecular formula is C17H15Cl3O4. The molecule has 0 spiro atoms. The van der Waals surface area contributed by atoms with Crippen LogP contribution in [-0.2, 0) is 4.79 Å². The lowest BCUT2D eigenvalue weighted by Gasteiger charge is -2.13. The number of hydrogen-bond acceptors (Lipinski definition) is 3. The van der Waals surface area contributed by atoms with Crippen LogP contribution in [-0.4, -0.2) is 17.7 Å². The van der Waals surface area contributed by atoms with Crippen LogP contribution in [0.5, 0.6) is 17.2 Å². The predicted molar refractivity (Wildman–Crippen MR) is 95.0 cm³/mol. The van der Waals surface area contributed by atoms with Crippen LogP contribution in [0.4, 0.5) is 0 Å². The number of unbranched alkanes of at least 4 members (excludes halogenated alkanes) is 1. The van der Waals surface area contributed by atoms with Crippen LogP contribution in [0.1, 0.15) is 19.3 Å². The monoisotopic (exact) mass is 388 g/mol. The quantitative estimate of drug-likeness (QED) is 0.556. The van der Waals surface area contributed by atoms with Crippen molar-refractivity contribution >= 4 is 40.8 Å². The standard InChI is InChI=1S/C17H15Cl3O4/c18-11-4-6-14(13(20)9-11)24-15-7-5-12(19)10-16(15)23-8-2-1-3-17(21)22/h4-7,9-10H,1-3,8H2,(H,21,22). The Morgan fingerprint density at radius 3 is 2.25 bits per heavy atom. The van der Waals surface area contributed by atoms with E-state index in [1.54, 1.807) is 36.4 Å². The summed E-state index contributed by atoms with van der Waals surface area (Å²) in [5, 5.41) is 10.0. The molecule has 0 unspecified atom stereocenters. The molecule has 0 saturated carbocycles. The van der Waals surface area contributed by atoms with Crippen molar-refractivity contribution in [3.63, 3.8) is 0 Å². The van der Waals surface area contributed by atoms with E-state index in [4.69, 9.17) is 49.4 Å². The number of carboxylic acid groups (broad SMARTS) is 1. The van der Waals surface area contributed by atoms with Crippen molar-refractivity contribution in [1.29, 1.82) is 0 Å². The van der Waals surface area contributed by atoms with Crippen LogP contribution in [0.3, 0.4) is 0 Å². The molecule has 0 heterocycles. The topological polar surface area (TPSA) is 55.8 Å². The van der Waals surface area contributed by atoms with Gasteiger partial charge in [0.25, 0.3) is 0 Å². The Morgan fingerprint density at radius 2 is 1.58 bits per heavy atom. The van der Waals surface area contributed by atoms with E-state index < -0.39 is 5.97 Å². The van der Waals surface area contributed by atoms with Gasteiger partial charge in [0.15, 0.2) is 11.5 Å². The average molecular weight is 390 g/mol. The first-order valence-electron chi connectivity index (χ1n) is 7.23. The molecule has 0 aliphatic heterocycles. The number of aliphatic carboxylic acids is 1. The molecule has 0 atom stereocenters. The zero-order valence-corrected chi connectivity index (χ0v) is 14.9. The predicted octanol–water partition coefficient (Wildman–Crippen LogP) is 6.07. The third-order valence-corrected chi connectivity index (χ3v) is 3.83. The lowest BCUT2D eigenvalue weighted by Crippen LogP contribution is -2.01. The Hall–Kier alpha value is -1.62. The van der Waals surface area contributed by atoms with Crippen molar-refractivity contribution < 1.29 is 19.4 Å². The molecule has 0 radical (unpaired) electrons. The number of rotatable bonds is 8. The number of carboxylic acids is 1. The van der Waals surface area contributed by atoms with Crippen molar-refractivity contribution in [2.45, 2.75) is 19.3 Å². The third kappa shape index (κ3) is 5.78. The molecule has 2 aromatic carbocycles. The maximum absolute atomic E-state index is 10.5. The second-order valence-corrected chi connectivity index (χ2v) is 6.25. The van der Waals surface area contributed by atoms with Gasteiger partial charge >= 0.3 is 5.97 Å². The molecule has 2 aromatic rings. The Bertz CT molecular complexity index is 719. The zero-order valence-electron chi connectivity index (χ0n) is 12.6. The second-order valence-electron chi connectivity index (χ2n) is 4.97. The molecule has 4 nitrogen and oxygen atoms in total. The fraction of sp³-hybridized carbons (Fsp3) is 0.235. The van der Waals surface area contributed by atoms with E-state index >= 15 is 0 Å². The third-order valence-electron chi connectivity index (χ3n) is 3.06. The van der Waals surface area contributed by atoms with Gasteiger partial charge in [-0.25, -0.2) is 0 Å². The number of halogens is 3. The Balaban J connectivity index is 2.05. The summed E-state index contributed by atoms with van der Waals surface area (Å²) in [6.45, 7) is 0.359. The van der Waals surface area contributed by atoms with Crippen molar-refractivity contribution in [3.8, 4) is 17.2 Å². The van der Waals surface area contributed by atoms with Gasteiger partial charge in [0.05, 0.1) is 11.6 Å². The van der Waals surface area contributed by atoms with E-state index in [1.165, 1.54) is 0 Å². The first-order valence-corrected chi connectivity index (χ1v) is 8.36. The lowest BCUT2D eigenvalue weighted by atomic mass is 10.2. The molecule has 24 heavy (non-hydrogen) atoms. The molecule has 0 bridgehead atoms. The summed E-state index contributed by atoms with van der Waals surface area (Å²) in [4.78, 5) is 10.5. The Kier molecular flexibility index (Phi) is 7.03. The van der Waals surface area contributed by atoms with Gasteiger partial charge in [-0.05, 0) is 43.2 Å². The maximum atomic E-state index is 10.5. The fourth-order valence-corrected chi connectivity index (χ4v) is 2.53. The number of benzene rings is 2. The van der Waals surface area contributed by atoms with E-state index in [1.807, 2.05) is 0 Å². The number of hydrogen-bond donors (Lipinski definition) is 1. The molecule has 0 fully saturated rings. The fourth-order valence-electron chi connectivity index (χ4n) is 1.92. The molecule has 0 aliphatic rings. The minimum absolute atomic E-state index is 0.114. The van der Waals surface area contributed by atoms with Gasteiger partial charge in [-0.3, -0.25) is 4.79 Å². The Morgan fingerprint density at radius 1 is 0.917 bits per heavy atom. The first-order chi connectivity index (χ1) is 11.5. The highest BCUT2D eigenvalue weighted by Gasteiger charge is 2.10. The molecule has 2 rings (SSSR count). The molecule has 0 aliphatic carbocycles.